The summed E-state index contributed by atoms with van der Waals surface area (Å²) in [6.07, 6.45) is 66.4. The van der Waals surface area contributed by atoms with E-state index in [2.05, 4.69) is 81.5 Å². The van der Waals surface area contributed by atoms with Gasteiger partial charge in [0.15, 0.2) is 6.10 Å². The van der Waals surface area contributed by atoms with Crippen LogP contribution in [0, 0.1) is 0 Å². The zero-order valence-electron chi connectivity index (χ0n) is 43.0. The van der Waals surface area contributed by atoms with Crippen LogP contribution in [-0.4, -0.2) is 37.2 Å². The van der Waals surface area contributed by atoms with Crippen molar-refractivity contribution in [2.45, 2.75) is 284 Å². The predicted octanol–water partition coefficient (Wildman–Crippen LogP) is 18.4. The summed E-state index contributed by atoms with van der Waals surface area (Å²) in [7, 11) is 0. The van der Waals surface area contributed by atoms with Gasteiger partial charge in [-0.2, -0.15) is 0 Å². The molecule has 0 aromatic carbocycles. The fraction of sp³-hybridized carbons (Fsp3) is 0.780. The number of esters is 3. The zero-order valence-corrected chi connectivity index (χ0v) is 43.0. The average molecular weight is 909 g/mol. The molecule has 0 saturated heterocycles. The maximum absolute atomic E-state index is 12.8. The van der Waals surface area contributed by atoms with Crippen molar-refractivity contribution in [2.24, 2.45) is 0 Å². The molecule has 0 amide bonds. The maximum Gasteiger partial charge on any atom is 0.306 e. The summed E-state index contributed by atoms with van der Waals surface area (Å²) in [5, 5.41) is 0. The number of ether oxygens (including phenoxy) is 3. The van der Waals surface area contributed by atoms with Crippen LogP contribution in [0.2, 0.25) is 0 Å². The van der Waals surface area contributed by atoms with Crippen molar-refractivity contribution in [3.8, 4) is 0 Å². The topological polar surface area (TPSA) is 78.9 Å². The number of rotatable bonds is 50. The first-order valence-electron chi connectivity index (χ1n) is 27.8. The highest BCUT2D eigenvalue weighted by molar-refractivity contribution is 5.71. The van der Waals surface area contributed by atoms with Crippen molar-refractivity contribution in [2.75, 3.05) is 13.2 Å². The van der Waals surface area contributed by atoms with Gasteiger partial charge in [0.1, 0.15) is 13.2 Å². The first-order chi connectivity index (χ1) is 32.0. The summed E-state index contributed by atoms with van der Waals surface area (Å²) in [5.41, 5.74) is 0. The van der Waals surface area contributed by atoms with Crippen LogP contribution in [0.25, 0.3) is 0 Å². The Bertz CT molecular complexity index is 1180. The maximum atomic E-state index is 12.8. The van der Waals surface area contributed by atoms with Crippen LogP contribution >= 0.6 is 0 Å². The van der Waals surface area contributed by atoms with Crippen molar-refractivity contribution >= 4 is 17.9 Å². The Morgan fingerprint density at radius 3 is 0.985 bits per heavy atom. The lowest BCUT2D eigenvalue weighted by molar-refractivity contribution is -0.167. The van der Waals surface area contributed by atoms with Crippen molar-refractivity contribution in [3.05, 3.63) is 60.8 Å². The van der Waals surface area contributed by atoms with E-state index in [1.807, 2.05) is 0 Å². The highest BCUT2D eigenvalue weighted by Gasteiger charge is 2.19. The lowest BCUT2D eigenvalue weighted by atomic mass is 10.0. The SMILES string of the molecule is CC/C=C\C/C=C\C/C=C\C/C=C\CCCCC(=O)OC[C@H](COC(=O)CCCCCCC/C=C\CCCCCCCC)OC(=O)CCCCCCCCCCCCCCCCCCC. The quantitative estimate of drug-likeness (QED) is 0.0262. The molecule has 0 rings (SSSR count). The van der Waals surface area contributed by atoms with Crippen LogP contribution in [0.1, 0.15) is 278 Å². The summed E-state index contributed by atoms with van der Waals surface area (Å²) in [6, 6.07) is 0. The van der Waals surface area contributed by atoms with Gasteiger partial charge in [-0.25, -0.2) is 0 Å². The minimum atomic E-state index is -0.792. The van der Waals surface area contributed by atoms with Crippen LogP contribution in [0.3, 0.4) is 0 Å². The van der Waals surface area contributed by atoms with Crippen LogP contribution in [0.15, 0.2) is 60.8 Å². The first-order valence-corrected chi connectivity index (χ1v) is 27.8. The van der Waals surface area contributed by atoms with Gasteiger partial charge in [-0.05, 0) is 83.5 Å². The fourth-order valence-electron chi connectivity index (χ4n) is 7.84. The Morgan fingerprint density at radius 1 is 0.323 bits per heavy atom. The van der Waals surface area contributed by atoms with Gasteiger partial charge >= 0.3 is 17.9 Å². The van der Waals surface area contributed by atoms with Crippen LogP contribution < -0.4 is 0 Å². The second-order valence-corrected chi connectivity index (χ2v) is 18.5. The van der Waals surface area contributed by atoms with Crippen LogP contribution in [0.4, 0.5) is 0 Å². The van der Waals surface area contributed by atoms with Gasteiger partial charge in [0, 0.05) is 19.3 Å². The number of carbonyl (C=O) groups is 3. The molecule has 0 aliphatic rings. The average Bonchev–Trinajstić information content (AvgIpc) is 3.30. The molecule has 0 saturated carbocycles. The Labute approximate surface area is 402 Å². The molecule has 0 heterocycles. The van der Waals surface area contributed by atoms with Gasteiger partial charge < -0.3 is 14.2 Å². The normalized spacial score (nSPS) is 12.5. The molecule has 1 atom stereocenters. The summed E-state index contributed by atoms with van der Waals surface area (Å²) < 4.78 is 16.8. The Hall–Kier alpha value is -2.89. The van der Waals surface area contributed by atoms with E-state index in [1.54, 1.807) is 0 Å². The molecule has 0 aromatic heterocycles. The Morgan fingerprint density at radius 2 is 0.600 bits per heavy atom. The second kappa shape index (κ2) is 53.7. The third-order valence-corrected chi connectivity index (χ3v) is 12.0. The van der Waals surface area contributed by atoms with E-state index >= 15 is 0 Å². The lowest BCUT2D eigenvalue weighted by Gasteiger charge is -2.18. The van der Waals surface area contributed by atoms with Crippen molar-refractivity contribution < 1.29 is 28.6 Å². The molecule has 0 radical (unpaired) electrons. The summed E-state index contributed by atoms with van der Waals surface area (Å²) in [5.74, 6) is -0.929. The van der Waals surface area contributed by atoms with E-state index in [4.69, 9.17) is 14.2 Å². The molecule has 0 fully saturated rings. The second-order valence-electron chi connectivity index (χ2n) is 18.5. The smallest absolute Gasteiger partial charge is 0.306 e. The van der Waals surface area contributed by atoms with E-state index in [0.29, 0.717) is 19.3 Å². The molecule has 6 nitrogen and oxygen atoms in total. The van der Waals surface area contributed by atoms with Crippen LogP contribution in [0.5, 0.6) is 0 Å². The molecule has 0 bridgehead atoms. The third kappa shape index (κ3) is 51.9. The molecule has 0 spiro atoms. The monoisotopic (exact) mass is 909 g/mol. The summed E-state index contributed by atoms with van der Waals surface area (Å²) in [4.78, 5) is 38.1. The number of allylic oxidation sites excluding steroid dienone is 10. The minimum Gasteiger partial charge on any atom is -0.462 e. The third-order valence-electron chi connectivity index (χ3n) is 12.0. The Balaban J connectivity index is 4.42. The van der Waals surface area contributed by atoms with Gasteiger partial charge in [0.2, 0.25) is 0 Å². The standard InChI is InChI=1S/C59H104O6/c1-4-7-10-13-16-19-22-25-28-29-32-35-38-41-44-47-50-53-59(62)65-56(54-63-57(60)51-48-45-42-39-36-33-30-26-23-20-17-14-11-8-5-2)55-64-58(61)52-49-46-43-40-37-34-31-27-24-21-18-15-12-9-6-3/h8,11,17,20,26-27,30-31,36,39,56H,4-7,9-10,12-16,18-19,21-25,28-29,32-35,37-38,40-55H2,1-3H3/b11-8-,20-17-,30-26-,31-27-,39-36-/t56-/m1/s1. The van der Waals surface area contributed by atoms with Gasteiger partial charge in [-0.15, -0.1) is 0 Å². The van der Waals surface area contributed by atoms with Gasteiger partial charge in [0.25, 0.3) is 0 Å². The van der Waals surface area contributed by atoms with E-state index in [1.165, 1.54) is 148 Å². The summed E-state index contributed by atoms with van der Waals surface area (Å²) >= 11 is 0. The molecule has 65 heavy (non-hydrogen) atoms. The molecule has 0 aromatic rings. The van der Waals surface area contributed by atoms with E-state index < -0.39 is 6.10 Å². The lowest BCUT2D eigenvalue weighted by Crippen LogP contribution is -2.30. The van der Waals surface area contributed by atoms with Crippen molar-refractivity contribution in [1.29, 1.82) is 0 Å². The Kier molecular flexibility index (Phi) is 51.3. The molecular weight excluding hydrogens is 805 g/mol. The molecular formula is C59H104O6. The number of hydrogen-bond acceptors (Lipinski definition) is 6. The van der Waals surface area contributed by atoms with Crippen molar-refractivity contribution in [1.82, 2.24) is 0 Å². The fourth-order valence-corrected chi connectivity index (χ4v) is 7.84. The minimum absolute atomic E-state index is 0.0895. The first kappa shape index (κ1) is 62.1. The van der Waals surface area contributed by atoms with E-state index in [9.17, 15) is 14.4 Å². The molecule has 0 aliphatic carbocycles. The predicted molar refractivity (Wildman–Crippen MR) is 279 cm³/mol. The number of carbonyl (C=O) groups excluding carboxylic acids is 3. The van der Waals surface area contributed by atoms with E-state index in [-0.39, 0.29) is 31.1 Å². The van der Waals surface area contributed by atoms with Crippen molar-refractivity contribution in [3.63, 3.8) is 0 Å². The molecule has 376 valence electrons. The molecule has 0 N–H and O–H groups in total. The molecule has 6 heteroatoms. The van der Waals surface area contributed by atoms with Crippen LogP contribution in [-0.2, 0) is 28.6 Å². The number of unbranched alkanes of at least 4 members (excludes halogenated alkanes) is 29. The number of hydrogen-bond donors (Lipinski definition) is 0. The van der Waals surface area contributed by atoms with E-state index in [0.717, 1.165) is 89.9 Å². The van der Waals surface area contributed by atoms with Gasteiger partial charge in [-0.3, -0.25) is 14.4 Å². The van der Waals surface area contributed by atoms with Gasteiger partial charge in [0.05, 0.1) is 0 Å². The largest absolute Gasteiger partial charge is 0.462 e. The summed E-state index contributed by atoms with van der Waals surface area (Å²) in [6.45, 7) is 6.50. The molecule has 0 aliphatic heterocycles. The highest BCUT2D eigenvalue weighted by Crippen LogP contribution is 2.16. The zero-order chi connectivity index (χ0) is 47.2. The molecule has 0 unspecified atom stereocenters. The van der Waals surface area contributed by atoms with Gasteiger partial charge in [-0.1, -0.05) is 236 Å². The highest BCUT2D eigenvalue weighted by atomic mass is 16.6.